The fourth-order valence-corrected chi connectivity index (χ4v) is 5.61. The number of sulfonamides is 1. The zero-order valence-corrected chi connectivity index (χ0v) is 19.6. The lowest BCUT2D eigenvalue weighted by molar-refractivity contribution is 0.102. The number of carbonyl (C=O) groups excluding carboxylic acids is 1. The first-order valence-electron chi connectivity index (χ1n) is 10.7. The lowest BCUT2D eigenvalue weighted by atomic mass is 10.0. The molecular weight excluding hydrogens is 472 g/mol. The topological polar surface area (TPSA) is 84.3 Å². The van der Waals surface area contributed by atoms with E-state index in [1.807, 2.05) is 54.6 Å². The number of hydrogen-bond donors (Lipinski definition) is 1. The summed E-state index contributed by atoms with van der Waals surface area (Å²) in [7, 11) is -3.81. The number of nitrogens with one attached hydrogen (secondary N) is 1. The van der Waals surface area contributed by atoms with Crippen LogP contribution in [0.15, 0.2) is 90.0 Å². The third-order valence-electron chi connectivity index (χ3n) is 5.77. The van der Waals surface area contributed by atoms with Crippen molar-refractivity contribution in [1.29, 1.82) is 0 Å². The number of hydrogen-bond acceptors (Lipinski definition) is 4. The average Bonchev–Trinajstić information content (AvgIpc) is 3.33. The number of carbonyl (C=O) groups is 1. The molecule has 0 bridgehead atoms. The molecular formula is C25H21ClN4O3S. The molecule has 34 heavy (non-hydrogen) atoms. The zero-order chi connectivity index (χ0) is 23.7. The summed E-state index contributed by atoms with van der Waals surface area (Å²) in [4.78, 5) is 13.0. The molecule has 1 amide bonds. The lowest BCUT2D eigenvalue weighted by Crippen LogP contribution is -2.36. The number of para-hydroxylation sites is 1. The fourth-order valence-electron chi connectivity index (χ4n) is 3.96. The Morgan fingerprint density at radius 1 is 0.941 bits per heavy atom. The highest BCUT2D eigenvalue weighted by Gasteiger charge is 2.29. The van der Waals surface area contributed by atoms with Crippen molar-refractivity contribution >= 4 is 33.3 Å². The first-order valence-corrected chi connectivity index (χ1v) is 12.5. The van der Waals surface area contributed by atoms with E-state index in [-0.39, 0.29) is 15.5 Å². The summed E-state index contributed by atoms with van der Waals surface area (Å²) < 4.78 is 29.7. The predicted octanol–water partition coefficient (Wildman–Crippen LogP) is 4.53. The molecule has 0 saturated carbocycles. The van der Waals surface area contributed by atoms with Gasteiger partial charge < -0.3 is 5.32 Å². The van der Waals surface area contributed by atoms with Gasteiger partial charge in [0.05, 0.1) is 21.2 Å². The third-order valence-corrected chi connectivity index (χ3v) is 7.94. The van der Waals surface area contributed by atoms with Crippen LogP contribution >= 0.6 is 11.6 Å². The van der Waals surface area contributed by atoms with E-state index in [4.69, 9.17) is 11.6 Å². The molecule has 1 aromatic heterocycles. The van der Waals surface area contributed by atoms with Gasteiger partial charge in [0.2, 0.25) is 10.0 Å². The second-order valence-electron chi connectivity index (χ2n) is 7.93. The Morgan fingerprint density at radius 2 is 1.68 bits per heavy atom. The predicted molar refractivity (Wildman–Crippen MR) is 131 cm³/mol. The summed E-state index contributed by atoms with van der Waals surface area (Å²) in [6.07, 6.45) is 2.36. The van der Waals surface area contributed by atoms with Gasteiger partial charge in [0.25, 0.3) is 5.91 Å². The van der Waals surface area contributed by atoms with E-state index in [2.05, 4.69) is 10.4 Å². The van der Waals surface area contributed by atoms with E-state index in [0.717, 1.165) is 16.8 Å². The van der Waals surface area contributed by atoms with Crippen LogP contribution in [0.25, 0.3) is 5.69 Å². The van der Waals surface area contributed by atoms with Gasteiger partial charge >= 0.3 is 0 Å². The van der Waals surface area contributed by atoms with E-state index in [9.17, 15) is 13.2 Å². The van der Waals surface area contributed by atoms with Crippen LogP contribution < -0.4 is 5.32 Å². The van der Waals surface area contributed by atoms with Gasteiger partial charge in [-0.2, -0.15) is 9.40 Å². The molecule has 9 heteroatoms. The van der Waals surface area contributed by atoms with Crippen LogP contribution in [0, 0.1) is 0 Å². The van der Waals surface area contributed by atoms with Crippen molar-refractivity contribution in [2.75, 3.05) is 11.9 Å². The standard InChI is InChI=1S/C25H21ClN4O3S/c26-23-11-10-21(34(32,33)29-14-12-18-6-4-5-7-19(18)17-29)16-22(23)25(31)27-24-13-15-30(28-24)20-8-2-1-3-9-20/h1-11,13,15-16H,12,14,17H2,(H,27,28,31). The van der Waals surface area contributed by atoms with Gasteiger partial charge in [-0.1, -0.05) is 54.1 Å². The summed E-state index contributed by atoms with van der Waals surface area (Å²) in [5.41, 5.74) is 3.05. The van der Waals surface area contributed by atoms with Crippen LogP contribution in [0.2, 0.25) is 5.02 Å². The number of rotatable bonds is 5. The van der Waals surface area contributed by atoms with E-state index in [1.165, 1.54) is 22.5 Å². The normalized spacial score (nSPS) is 13.9. The quantitative estimate of drug-likeness (QED) is 0.443. The van der Waals surface area contributed by atoms with Crippen LogP contribution in [-0.2, 0) is 23.0 Å². The maximum atomic E-state index is 13.3. The second kappa shape index (κ2) is 9.06. The molecule has 0 spiro atoms. The number of amides is 1. The molecule has 4 aromatic rings. The number of aromatic nitrogens is 2. The molecule has 1 N–H and O–H groups in total. The van der Waals surface area contributed by atoms with Crippen molar-refractivity contribution in [1.82, 2.24) is 14.1 Å². The minimum atomic E-state index is -3.81. The Bertz CT molecular complexity index is 1470. The fraction of sp³-hybridized carbons (Fsp3) is 0.120. The average molecular weight is 493 g/mol. The molecule has 7 nitrogen and oxygen atoms in total. The van der Waals surface area contributed by atoms with Gasteiger partial charge in [-0.3, -0.25) is 4.79 Å². The van der Waals surface area contributed by atoms with Crippen LogP contribution in [0.1, 0.15) is 21.5 Å². The maximum Gasteiger partial charge on any atom is 0.258 e. The molecule has 0 saturated heterocycles. The van der Waals surface area contributed by atoms with Crippen molar-refractivity contribution in [3.8, 4) is 5.69 Å². The first-order chi connectivity index (χ1) is 16.4. The van der Waals surface area contributed by atoms with Crippen molar-refractivity contribution in [3.05, 3.63) is 107 Å². The molecule has 172 valence electrons. The van der Waals surface area contributed by atoms with Gasteiger partial charge in [0.1, 0.15) is 0 Å². The smallest absolute Gasteiger partial charge is 0.258 e. The van der Waals surface area contributed by atoms with Gasteiger partial charge in [0, 0.05) is 25.4 Å². The van der Waals surface area contributed by atoms with E-state index in [0.29, 0.717) is 25.3 Å². The largest absolute Gasteiger partial charge is 0.305 e. The van der Waals surface area contributed by atoms with Gasteiger partial charge in [-0.25, -0.2) is 13.1 Å². The molecule has 0 atom stereocenters. The zero-order valence-electron chi connectivity index (χ0n) is 18.1. The number of anilines is 1. The Balaban J connectivity index is 1.37. The van der Waals surface area contributed by atoms with Crippen LogP contribution in [-0.4, -0.2) is 35.0 Å². The second-order valence-corrected chi connectivity index (χ2v) is 10.3. The molecule has 0 aliphatic carbocycles. The number of nitrogens with zero attached hydrogens (tertiary/aromatic N) is 3. The molecule has 1 aliphatic heterocycles. The SMILES string of the molecule is O=C(Nc1ccn(-c2ccccc2)n1)c1cc(S(=O)(=O)N2CCc3ccccc3C2)ccc1Cl. The summed E-state index contributed by atoms with van der Waals surface area (Å²) >= 11 is 6.27. The number of benzene rings is 3. The molecule has 0 fully saturated rings. The minimum Gasteiger partial charge on any atom is -0.305 e. The highest BCUT2D eigenvalue weighted by Crippen LogP contribution is 2.28. The molecule has 3 aromatic carbocycles. The van der Waals surface area contributed by atoms with E-state index < -0.39 is 15.9 Å². The lowest BCUT2D eigenvalue weighted by Gasteiger charge is -2.28. The molecule has 0 unspecified atom stereocenters. The Morgan fingerprint density at radius 3 is 2.47 bits per heavy atom. The van der Waals surface area contributed by atoms with Crippen LogP contribution in [0.3, 0.4) is 0 Å². The van der Waals surface area contributed by atoms with Crippen molar-refractivity contribution < 1.29 is 13.2 Å². The monoisotopic (exact) mass is 492 g/mol. The summed E-state index contributed by atoms with van der Waals surface area (Å²) in [5, 5.41) is 7.21. The molecule has 5 rings (SSSR count). The van der Waals surface area contributed by atoms with Crippen LogP contribution in [0.4, 0.5) is 5.82 Å². The third kappa shape index (κ3) is 4.35. The van der Waals surface area contributed by atoms with E-state index >= 15 is 0 Å². The van der Waals surface area contributed by atoms with Gasteiger partial charge in [-0.05, 0) is 47.9 Å². The van der Waals surface area contributed by atoms with Crippen molar-refractivity contribution in [3.63, 3.8) is 0 Å². The van der Waals surface area contributed by atoms with Crippen LogP contribution in [0.5, 0.6) is 0 Å². The van der Waals surface area contributed by atoms with Gasteiger partial charge in [-0.15, -0.1) is 0 Å². The van der Waals surface area contributed by atoms with Crippen molar-refractivity contribution in [2.24, 2.45) is 0 Å². The van der Waals surface area contributed by atoms with Crippen molar-refractivity contribution in [2.45, 2.75) is 17.9 Å². The van der Waals surface area contributed by atoms with Gasteiger partial charge in [0.15, 0.2) is 5.82 Å². The highest BCUT2D eigenvalue weighted by molar-refractivity contribution is 7.89. The molecule has 2 heterocycles. The summed E-state index contributed by atoms with van der Waals surface area (Å²) in [6, 6.07) is 23.1. The molecule has 0 radical (unpaired) electrons. The highest BCUT2D eigenvalue weighted by atomic mass is 35.5. The number of fused-ring (bicyclic) bond motifs is 1. The molecule has 1 aliphatic rings. The minimum absolute atomic E-state index is 0.0243. The Labute approximate surface area is 202 Å². The number of halogens is 1. The first kappa shape index (κ1) is 22.3. The Hall–Kier alpha value is -3.46. The summed E-state index contributed by atoms with van der Waals surface area (Å²) in [6.45, 7) is 0.667. The Kier molecular flexibility index (Phi) is 5.95. The maximum absolute atomic E-state index is 13.3. The summed E-state index contributed by atoms with van der Waals surface area (Å²) in [5.74, 6) is -0.213. The van der Waals surface area contributed by atoms with E-state index in [1.54, 1.807) is 16.9 Å².